The van der Waals surface area contributed by atoms with Crippen LogP contribution in [0.2, 0.25) is 0 Å². The van der Waals surface area contributed by atoms with E-state index in [-0.39, 0.29) is 50.0 Å². The zero-order valence-electron chi connectivity index (χ0n) is 47.3. The molecular formula is C68H81BN2S. The van der Waals surface area contributed by atoms with E-state index in [0.29, 0.717) is 0 Å². The first-order chi connectivity index (χ1) is 33.4. The SMILES string of the molecule is CC(C)(C)c1cc2c3c(c1)N(c1ccc4c(c1)sc1cc(C(C)(C)C)ccc14)c1cc4c(cc1B3c1cc3c(cc1N2c1ccc2c(c1)C(C)(C)CCC2(C)C)C(C)(C)CCC3(C)C)C(C)(C)CCC4(C)C. The molecule has 0 amide bonds. The van der Waals surface area contributed by atoms with E-state index in [4.69, 9.17) is 0 Å². The van der Waals surface area contributed by atoms with Gasteiger partial charge in [-0.25, -0.2) is 0 Å². The highest BCUT2D eigenvalue weighted by molar-refractivity contribution is 7.25. The fraction of sp³-hybridized carbons (Fsp3) is 0.471. The Morgan fingerprint density at radius 2 is 0.750 bits per heavy atom. The first-order valence-corrected chi connectivity index (χ1v) is 28.5. The van der Waals surface area contributed by atoms with Gasteiger partial charge in [-0.1, -0.05) is 161 Å². The molecule has 7 aromatic rings. The largest absolute Gasteiger partial charge is 0.311 e. The predicted octanol–water partition coefficient (Wildman–Crippen LogP) is 17.8. The standard InChI is InChI=1S/C68H81BN2S/c1-61(2,3)40-19-22-44-45-23-20-43(35-59(45)72-58(44)33-40)71-55-39-51-49(66(13,14)28-30-68(51,17)18)37-53(55)69-52-36-48-50(67(15,16)29-27-65(48,11)12)38-54(52)70(56-31-41(62(4,5)6)32-57(71)60(56)69)42-21-24-46-47(34-42)64(9,10)26-25-63(46,7)8/h19-24,31-39H,25-30H2,1-18H3. The molecule has 5 aliphatic rings. The second kappa shape index (κ2) is 15.0. The van der Waals surface area contributed by atoms with Crippen molar-refractivity contribution in [3.63, 3.8) is 0 Å². The van der Waals surface area contributed by atoms with Crippen LogP contribution in [0.4, 0.5) is 34.1 Å². The Balaban J connectivity index is 1.22. The molecule has 0 N–H and O–H groups in total. The second-order valence-corrected chi connectivity index (χ2v) is 30.6. The number of thiophene rings is 1. The van der Waals surface area contributed by atoms with E-state index in [1.54, 1.807) is 0 Å². The Labute approximate surface area is 438 Å². The summed E-state index contributed by atoms with van der Waals surface area (Å²) in [7, 11) is 0. The molecule has 0 bridgehead atoms. The molecule has 1 aromatic heterocycles. The number of anilines is 6. The van der Waals surface area contributed by atoms with Crippen molar-refractivity contribution in [3.8, 4) is 0 Å². The molecular weight excluding hydrogens is 888 g/mol. The average Bonchev–Trinajstić information content (AvgIpc) is 3.67. The van der Waals surface area contributed by atoms with Crippen LogP contribution in [0.3, 0.4) is 0 Å². The van der Waals surface area contributed by atoms with Crippen LogP contribution in [0, 0.1) is 0 Å². The summed E-state index contributed by atoms with van der Waals surface area (Å²) in [5, 5.41) is 2.71. The van der Waals surface area contributed by atoms with Gasteiger partial charge in [0, 0.05) is 54.3 Å². The number of fused-ring (bicyclic) bond motifs is 10. The van der Waals surface area contributed by atoms with Crippen molar-refractivity contribution < 1.29 is 0 Å². The molecule has 0 saturated carbocycles. The highest BCUT2D eigenvalue weighted by atomic mass is 32.1. The lowest BCUT2D eigenvalue weighted by Gasteiger charge is -2.49. The van der Waals surface area contributed by atoms with Gasteiger partial charge in [0.1, 0.15) is 0 Å². The van der Waals surface area contributed by atoms with E-state index < -0.39 is 0 Å². The molecule has 72 heavy (non-hydrogen) atoms. The van der Waals surface area contributed by atoms with Gasteiger partial charge < -0.3 is 9.80 Å². The molecule has 372 valence electrons. The molecule has 4 heteroatoms. The Morgan fingerprint density at radius 3 is 1.21 bits per heavy atom. The van der Waals surface area contributed by atoms with Gasteiger partial charge in [-0.3, -0.25) is 0 Å². The summed E-state index contributed by atoms with van der Waals surface area (Å²) in [6.45, 7) is 44.3. The zero-order valence-corrected chi connectivity index (χ0v) is 48.1. The topological polar surface area (TPSA) is 6.48 Å². The molecule has 0 fully saturated rings. The lowest BCUT2D eigenvalue weighted by molar-refractivity contribution is 0.332. The highest BCUT2D eigenvalue weighted by Gasteiger charge is 2.49. The summed E-state index contributed by atoms with van der Waals surface area (Å²) in [4.78, 5) is 5.49. The molecule has 2 nitrogen and oxygen atoms in total. The summed E-state index contributed by atoms with van der Waals surface area (Å²) >= 11 is 1.96. The van der Waals surface area contributed by atoms with E-state index in [1.165, 1.54) is 154 Å². The van der Waals surface area contributed by atoms with Crippen LogP contribution in [0.15, 0.2) is 91.0 Å². The lowest BCUT2D eigenvalue weighted by Crippen LogP contribution is -2.62. The van der Waals surface area contributed by atoms with Gasteiger partial charge in [0.2, 0.25) is 0 Å². The van der Waals surface area contributed by atoms with Gasteiger partial charge in [0.25, 0.3) is 6.71 Å². The van der Waals surface area contributed by atoms with Gasteiger partial charge in [-0.15, -0.1) is 11.3 Å². The van der Waals surface area contributed by atoms with Crippen LogP contribution in [-0.2, 0) is 43.3 Å². The summed E-state index contributed by atoms with van der Waals surface area (Å²) in [6, 6.07) is 38.3. The third-order valence-corrected chi connectivity index (χ3v) is 20.7. The molecule has 0 spiro atoms. The summed E-state index contributed by atoms with van der Waals surface area (Å²) < 4.78 is 2.72. The Bertz CT molecular complexity index is 3460. The maximum absolute atomic E-state index is 2.76. The van der Waals surface area contributed by atoms with Crippen LogP contribution >= 0.6 is 11.3 Å². The summed E-state index contributed by atoms with van der Waals surface area (Å²) in [5.41, 5.74) is 24.5. The van der Waals surface area contributed by atoms with Crippen LogP contribution in [0.25, 0.3) is 20.2 Å². The van der Waals surface area contributed by atoms with Crippen molar-refractivity contribution in [2.24, 2.45) is 0 Å². The van der Waals surface area contributed by atoms with Crippen LogP contribution in [0.1, 0.15) is 208 Å². The fourth-order valence-corrected chi connectivity index (χ4v) is 15.4. The van der Waals surface area contributed by atoms with Crippen molar-refractivity contribution in [2.75, 3.05) is 9.80 Å². The van der Waals surface area contributed by atoms with E-state index in [2.05, 4.69) is 225 Å². The molecule has 6 aromatic carbocycles. The molecule has 0 saturated heterocycles. The second-order valence-electron chi connectivity index (χ2n) is 29.5. The maximum Gasteiger partial charge on any atom is 0.252 e. The molecule has 2 aliphatic heterocycles. The van der Waals surface area contributed by atoms with E-state index in [0.717, 1.165) is 0 Å². The third-order valence-electron chi connectivity index (χ3n) is 19.6. The van der Waals surface area contributed by atoms with Crippen molar-refractivity contribution in [3.05, 3.63) is 136 Å². The third kappa shape index (κ3) is 7.05. The van der Waals surface area contributed by atoms with Gasteiger partial charge in [0.05, 0.1) is 0 Å². The van der Waals surface area contributed by atoms with E-state index in [1.807, 2.05) is 11.3 Å². The van der Waals surface area contributed by atoms with E-state index >= 15 is 0 Å². The van der Waals surface area contributed by atoms with E-state index in [9.17, 15) is 0 Å². The van der Waals surface area contributed by atoms with Gasteiger partial charge >= 0.3 is 0 Å². The average molecular weight is 969 g/mol. The van der Waals surface area contributed by atoms with Crippen LogP contribution in [0.5, 0.6) is 0 Å². The number of hydrogen-bond acceptors (Lipinski definition) is 3. The smallest absolute Gasteiger partial charge is 0.252 e. The normalized spacial score (nSPS) is 20.6. The monoisotopic (exact) mass is 969 g/mol. The summed E-state index contributed by atoms with van der Waals surface area (Å²) in [6.07, 6.45) is 7.12. The van der Waals surface area contributed by atoms with Gasteiger partial charge in [0.15, 0.2) is 0 Å². The van der Waals surface area contributed by atoms with Crippen molar-refractivity contribution in [2.45, 2.75) is 206 Å². The van der Waals surface area contributed by atoms with Crippen molar-refractivity contribution in [1.82, 2.24) is 0 Å². The number of hydrogen-bond donors (Lipinski definition) is 0. The van der Waals surface area contributed by atoms with Crippen LogP contribution < -0.4 is 26.2 Å². The predicted molar refractivity (Wildman–Crippen MR) is 317 cm³/mol. The lowest BCUT2D eigenvalue weighted by atomic mass is 9.32. The first kappa shape index (κ1) is 48.2. The number of benzene rings is 6. The van der Waals surface area contributed by atoms with Gasteiger partial charge in [-0.2, -0.15) is 0 Å². The summed E-state index contributed by atoms with van der Waals surface area (Å²) in [5.74, 6) is 0. The first-order valence-electron chi connectivity index (χ1n) is 27.7. The minimum atomic E-state index is -0.106. The van der Waals surface area contributed by atoms with Crippen LogP contribution in [-0.4, -0.2) is 6.71 Å². The molecule has 0 radical (unpaired) electrons. The Morgan fingerprint density at radius 1 is 0.375 bits per heavy atom. The fourth-order valence-electron chi connectivity index (χ4n) is 14.2. The molecule has 12 rings (SSSR count). The number of rotatable bonds is 2. The number of nitrogens with zero attached hydrogens (tertiary/aromatic N) is 2. The molecule has 3 heterocycles. The minimum Gasteiger partial charge on any atom is -0.311 e. The molecule has 0 atom stereocenters. The Hall–Kier alpha value is -4.80. The highest BCUT2D eigenvalue weighted by Crippen LogP contribution is 2.55. The molecule has 3 aliphatic carbocycles. The minimum absolute atomic E-state index is 0.0508. The molecule has 0 unspecified atom stereocenters. The Kier molecular flexibility index (Phi) is 10.0. The van der Waals surface area contributed by atoms with Crippen molar-refractivity contribution in [1.29, 1.82) is 0 Å². The van der Waals surface area contributed by atoms with Gasteiger partial charge in [-0.05, 0) is 197 Å². The quantitative estimate of drug-likeness (QED) is 0.159. The van der Waals surface area contributed by atoms with Crippen molar-refractivity contribution >= 4 is 88.7 Å². The zero-order chi connectivity index (χ0) is 51.4. The maximum atomic E-state index is 2.76.